The van der Waals surface area contributed by atoms with Crippen LogP contribution in [0.15, 0.2) is 23.1 Å². The average molecular weight is 371 g/mol. The van der Waals surface area contributed by atoms with E-state index in [-0.39, 0.29) is 23.5 Å². The second kappa shape index (κ2) is 8.45. The molecule has 1 heterocycles. The molecule has 1 N–H and O–H groups in total. The third-order valence-corrected chi connectivity index (χ3v) is 6.10. The molecule has 1 aliphatic heterocycles. The Labute approximate surface area is 142 Å². The Morgan fingerprint density at radius 2 is 2.00 bits per heavy atom. The highest BCUT2D eigenvalue weighted by molar-refractivity contribution is 7.89. The molecule has 8 heteroatoms. The summed E-state index contributed by atoms with van der Waals surface area (Å²) in [6.45, 7) is 3.82. The van der Waals surface area contributed by atoms with E-state index >= 15 is 0 Å². The monoisotopic (exact) mass is 370 g/mol. The van der Waals surface area contributed by atoms with Crippen LogP contribution in [0.5, 0.6) is 0 Å². The van der Waals surface area contributed by atoms with Gasteiger partial charge < -0.3 is 5.32 Å². The van der Waals surface area contributed by atoms with E-state index in [0.717, 1.165) is 32.0 Å². The van der Waals surface area contributed by atoms with Crippen molar-refractivity contribution in [2.45, 2.75) is 37.1 Å². The third kappa shape index (κ3) is 4.11. The molecule has 0 spiro atoms. The molecular weight excluding hydrogens is 350 g/mol. The van der Waals surface area contributed by atoms with Gasteiger partial charge in [-0.2, -0.15) is 4.31 Å². The molecule has 0 unspecified atom stereocenters. The molecule has 0 bridgehead atoms. The van der Waals surface area contributed by atoms with Gasteiger partial charge in [0.2, 0.25) is 10.0 Å². The van der Waals surface area contributed by atoms with Crippen molar-refractivity contribution in [1.82, 2.24) is 9.62 Å². The van der Waals surface area contributed by atoms with Crippen LogP contribution in [0.25, 0.3) is 0 Å². The fourth-order valence-corrected chi connectivity index (χ4v) is 5.01. The standard InChI is InChI=1S/C14H20ClFN2O2S.ClH/c1-2-10-18(11-6-8-17-9-7-11)21(19,20)14-12(15)4-3-5-13(14)16;/h3-5,11,17H,2,6-10H2,1H3;1H. The van der Waals surface area contributed by atoms with Crippen LogP contribution in [-0.2, 0) is 10.0 Å². The molecular formula is C14H21Cl2FN2O2S. The van der Waals surface area contributed by atoms with Crippen LogP contribution in [0.3, 0.4) is 0 Å². The maximum absolute atomic E-state index is 14.0. The Kier molecular flexibility index (Phi) is 7.55. The van der Waals surface area contributed by atoms with Crippen molar-refractivity contribution >= 4 is 34.0 Å². The molecule has 126 valence electrons. The van der Waals surface area contributed by atoms with Crippen LogP contribution in [-0.4, -0.2) is 38.4 Å². The quantitative estimate of drug-likeness (QED) is 0.866. The summed E-state index contributed by atoms with van der Waals surface area (Å²) in [6, 6.07) is 3.84. The van der Waals surface area contributed by atoms with E-state index < -0.39 is 20.7 Å². The molecule has 0 aliphatic carbocycles. The van der Waals surface area contributed by atoms with Crippen molar-refractivity contribution in [3.8, 4) is 0 Å². The minimum absolute atomic E-state index is 0. The maximum atomic E-state index is 14.0. The predicted molar refractivity (Wildman–Crippen MR) is 88.7 cm³/mol. The summed E-state index contributed by atoms with van der Waals surface area (Å²) in [6.07, 6.45) is 2.13. The molecule has 2 rings (SSSR count). The van der Waals surface area contributed by atoms with Gasteiger partial charge in [0.05, 0.1) is 5.02 Å². The highest BCUT2D eigenvalue weighted by atomic mass is 35.5. The number of halogens is 3. The number of hydrogen-bond acceptors (Lipinski definition) is 3. The number of sulfonamides is 1. The smallest absolute Gasteiger partial charge is 0.247 e. The van der Waals surface area contributed by atoms with Gasteiger partial charge in [-0.1, -0.05) is 24.6 Å². The summed E-state index contributed by atoms with van der Waals surface area (Å²) in [5.41, 5.74) is 0. The summed E-state index contributed by atoms with van der Waals surface area (Å²) in [5.74, 6) is -0.794. The number of nitrogens with zero attached hydrogens (tertiary/aromatic N) is 1. The second-order valence-corrected chi connectivity index (χ2v) is 7.38. The van der Waals surface area contributed by atoms with E-state index in [0.29, 0.717) is 13.0 Å². The van der Waals surface area contributed by atoms with E-state index in [4.69, 9.17) is 11.6 Å². The number of rotatable bonds is 5. The Morgan fingerprint density at radius 3 is 2.55 bits per heavy atom. The van der Waals surface area contributed by atoms with Gasteiger partial charge in [0, 0.05) is 12.6 Å². The lowest BCUT2D eigenvalue weighted by molar-refractivity contribution is 0.261. The van der Waals surface area contributed by atoms with Gasteiger partial charge in [0.1, 0.15) is 10.7 Å². The van der Waals surface area contributed by atoms with Gasteiger partial charge in [-0.05, 0) is 44.5 Å². The summed E-state index contributed by atoms with van der Waals surface area (Å²) in [4.78, 5) is -0.404. The number of piperidine rings is 1. The van der Waals surface area contributed by atoms with Crippen LogP contribution >= 0.6 is 24.0 Å². The molecule has 1 aromatic rings. The molecule has 22 heavy (non-hydrogen) atoms. The third-order valence-electron chi connectivity index (χ3n) is 3.65. The molecule has 0 amide bonds. The number of benzene rings is 1. The molecule has 0 radical (unpaired) electrons. The fraction of sp³-hybridized carbons (Fsp3) is 0.571. The van der Waals surface area contributed by atoms with Crippen LogP contribution in [0.2, 0.25) is 5.02 Å². The van der Waals surface area contributed by atoms with Crippen molar-refractivity contribution in [2.24, 2.45) is 0 Å². The van der Waals surface area contributed by atoms with Gasteiger partial charge in [-0.15, -0.1) is 12.4 Å². The first-order chi connectivity index (χ1) is 9.98. The summed E-state index contributed by atoms with van der Waals surface area (Å²) < 4.78 is 41.1. The molecule has 4 nitrogen and oxygen atoms in total. The van der Waals surface area contributed by atoms with Crippen LogP contribution in [0.4, 0.5) is 4.39 Å². The van der Waals surface area contributed by atoms with Gasteiger partial charge in [-0.25, -0.2) is 12.8 Å². The molecule has 0 atom stereocenters. The Hall–Kier alpha value is -0.400. The Morgan fingerprint density at radius 1 is 1.36 bits per heavy atom. The topological polar surface area (TPSA) is 49.4 Å². The SMILES string of the molecule is CCCN(C1CCNCC1)S(=O)(=O)c1c(F)cccc1Cl.Cl. The van der Waals surface area contributed by atoms with E-state index in [1.54, 1.807) is 0 Å². The van der Waals surface area contributed by atoms with E-state index in [2.05, 4.69) is 5.32 Å². The zero-order valence-corrected chi connectivity index (χ0v) is 14.8. The highest BCUT2D eigenvalue weighted by Gasteiger charge is 2.34. The number of nitrogens with one attached hydrogen (secondary N) is 1. The minimum Gasteiger partial charge on any atom is -0.317 e. The van der Waals surface area contributed by atoms with E-state index in [1.165, 1.54) is 16.4 Å². The summed E-state index contributed by atoms with van der Waals surface area (Å²) in [5, 5.41) is 3.14. The number of hydrogen-bond donors (Lipinski definition) is 1. The average Bonchev–Trinajstić information content (AvgIpc) is 2.45. The summed E-state index contributed by atoms with van der Waals surface area (Å²) in [7, 11) is -3.93. The van der Waals surface area contributed by atoms with Crippen LogP contribution in [0, 0.1) is 5.82 Å². The summed E-state index contributed by atoms with van der Waals surface area (Å²) >= 11 is 5.94. The van der Waals surface area contributed by atoms with Gasteiger partial charge >= 0.3 is 0 Å². The lowest BCUT2D eigenvalue weighted by Gasteiger charge is -2.33. The van der Waals surface area contributed by atoms with Crippen LogP contribution < -0.4 is 5.32 Å². The Bertz CT molecular complexity index is 572. The first-order valence-electron chi connectivity index (χ1n) is 7.15. The van der Waals surface area contributed by atoms with Crippen molar-refractivity contribution < 1.29 is 12.8 Å². The molecule has 1 saturated heterocycles. The second-order valence-electron chi connectivity index (χ2n) is 5.15. The molecule has 0 saturated carbocycles. The zero-order chi connectivity index (χ0) is 15.5. The lowest BCUT2D eigenvalue weighted by atomic mass is 10.1. The predicted octanol–water partition coefficient (Wildman–Crippen LogP) is 3.05. The first-order valence-corrected chi connectivity index (χ1v) is 8.97. The largest absolute Gasteiger partial charge is 0.317 e. The van der Waals surface area contributed by atoms with Crippen LogP contribution in [0.1, 0.15) is 26.2 Å². The minimum atomic E-state index is -3.93. The van der Waals surface area contributed by atoms with Gasteiger partial charge in [0.15, 0.2) is 0 Å². The Balaban J connectivity index is 0.00000242. The fourth-order valence-electron chi connectivity index (χ4n) is 2.66. The van der Waals surface area contributed by atoms with Crippen molar-refractivity contribution in [3.05, 3.63) is 29.0 Å². The molecule has 1 fully saturated rings. The van der Waals surface area contributed by atoms with Gasteiger partial charge in [0.25, 0.3) is 0 Å². The first kappa shape index (κ1) is 19.6. The molecule has 1 aliphatic rings. The zero-order valence-electron chi connectivity index (χ0n) is 12.4. The highest BCUT2D eigenvalue weighted by Crippen LogP contribution is 2.30. The van der Waals surface area contributed by atoms with E-state index in [1.807, 2.05) is 6.92 Å². The van der Waals surface area contributed by atoms with Crippen molar-refractivity contribution in [2.75, 3.05) is 19.6 Å². The van der Waals surface area contributed by atoms with Gasteiger partial charge in [-0.3, -0.25) is 0 Å². The normalized spacial score (nSPS) is 16.5. The maximum Gasteiger partial charge on any atom is 0.247 e. The molecule has 1 aromatic carbocycles. The van der Waals surface area contributed by atoms with Crippen molar-refractivity contribution in [3.63, 3.8) is 0 Å². The lowest BCUT2D eigenvalue weighted by Crippen LogP contribution is -2.46. The van der Waals surface area contributed by atoms with Crippen molar-refractivity contribution in [1.29, 1.82) is 0 Å². The van der Waals surface area contributed by atoms with E-state index in [9.17, 15) is 12.8 Å². The molecule has 0 aromatic heterocycles.